The molecule has 0 saturated heterocycles. The van der Waals surface area contributed by atoms with Gasteiger partial charge >= 0.3 is 8.80 Å². The van der Waals surface area contributed by atoms with Crippen LogP contribution >= 0.6 is 11.6 Å². The van der Waals surface area contributed by atoms with E-state index in [1.54, 1.807) is 0 Å². The Labute approximate surface area is 144 Å². The number of hydrogen-bond acceptors (Lipinski definition) is 3. The lowest BCUT2D eigenvalue weighted by Gasteiger charge is -2.28. The van der Waals surface area contributed by atoms with Gasteiger partial charge in [0.25, 0.3) is 0 Å². The molecule has 0 aromatic carbocycles. The Bertz CT molecular complexity index is 213. The minimum Gasteiger partial charge on any atom is -0.374 e. The van der Waals surface area contributed by atoms with Crippen LogP contribution in [0, 0.1) is 0 Å². The number of alkyl halides is 1. The van der Waals surface area contributed by atoms with Crippen LogP contribution in [0.25, 0.3) is 0 Å². The van der Waals surface area contributed by atoms with Crippen LogP contribution in [0.2, 0.25) is 6.04 Å². The van der Waals surface area contributed by atoms with Gasteiger partial charge in [-0.1, -0.05) is 44.9 Å². The molecule has 0 fully saturated rings. The van der Waals surface area contributed by atoms with E-state index < -0.39 is 8.80 Å². The van der Waals surface area contributed by atoms with E-state index >= 15 is 0 Å². The summed E-state index contributed by atoms with van der Waals surface area (Å²) in [4.78, 5) is 0. The van der Waals surface area contributed by atoms with Crippen molar-refractivity contribution in [3.63, 3.8) is 0 Å². The predicted molar refractivity (Wildman–Crippen MR) is 97.7 cm³/mol. The van der Waals surface area contributed by atoms with Crippen LogP contribution in [-0.4, -0.2) is 34.5 Å². The minimum absolute atomic E-state index is 0.675. The maximum atomic E-state index is 5.88. The van der Waals surface area contributed by atoms with Crippen LogP contribution in [0.1, 0.15) is 78.6 Å². The minimum atomic E-state index is -2.40. The molecule has 5 heteroatoms. The fourth-order valence-electron chi connectivity index (χ4n) is 2.67. The third-order valence-electron chi connectivity index (χ3n) is 3.71. The molecule has 0 aliphatic rings. The summed E-state index contributed by atoms with van der Waals surface area (Å²) >= 11 is 5.68. The average molecular weight is 353 g/mol. The van der Waals surface area contributed by atoms with Crippen molar-refractivity contribution in [3.05, 3.63) is 0 Å². The van der Waals surface area contributed by atoms with E-state index in [1.165, 1.54) is 51.4 Å². The van der Waals surface area contributed by atoms with Crippen LogP contribution in [0.4, 0.5) is 0 Å². The summed E-state index contributed by atoms with van der Waals surface area (Å²) in [6.07, 6.45) is 11.6. The molecular weight excluding hydrogens is 316 g/mol. The fourth-order valence-corrected chi connectivity index (χ4v) is 5.55. The van der Waals surface area contributed by atoms with Gasteiger partial charge in [0.15, 0.2) is 0 Å². The second kappa shape index (κ2) is 16.3. The molecule has 0 radical (unpaired) electrons. The Morgan fingerprint density at radius 2 is 0.955 bits per heavy atom. The molecule has 0 atom stereocenters. The number of halogens is 1. The normalized spacial score (nSPS) is 12.0. The number of rotatable bonds is 17. The van der Waals surface area contributed by atoms with Gasteiger partial charge in [0, 0.05) is 31.7 Å². The second-order valence-electron chi connectivity index (χ2n) is 5.60. The number of unbranched alkanes of at least 4 members (excludes halogenated alkanes) is 8. The molecular formula is C17H37ClO3Si. The summed E-state index contributed by atoms with van der Waals surface area (Å²) in [5, 5.41) is 0. The maximum absolute atomic E-state index is 5.88. The molecule has 0 aromatic heterocycles. The van der Waals surface area contributed by atoms with Crippen molar-refractivity contribution < 1.29 is 13.3 Å². The monoisotopic (exact) mass is 352 g/mol. The molecule has 0 amide bonds. The highest BCUT2D eigenvalue weighted by atomic mass is 35.5. The first-order chi connectivity index (χ1) is 10.7. The van der Waals surface area contributed by atoms with Crippen LogP contribution in [0.15, 0.2) is 0 Å². The van der Waals surface area contributed by atoms with Gasteiger partial charge in [-0.2, -0.15) is 0 Å². The van der Waals surface area contributed by atoms with Crippen molar-refractivity contribution >= 4 is 20.4 Å². The SMILES string of the molecule is CCO[Si](CCCCCCCCCCCCl)(OCC)OCC. The molecule has 0 bridgehead atoms. The highest BCUT2D eigenvalue weighted by molar-refractivity contribution is 6.60. The van der Waals surface area contributed by atoms with Gasteiger partial charge in [0.1, 0.15) is 0 Å². The van der Waals surface area contributed by atoms with E-state index in [1.807, 2.05) is 20.8 Å². The largest absolute Gasteiger partial charge is 0.500 e. The molecule has 0 heterocycles. The van der Waals surface area contributed by atoms with Crippen molar-refractivity contribution in [2.75, 3.05) is 25.7 Å². The molecule has 0 spiro atoms. The zero-order chi connectivity index (χ0) is 16.5. The fraction of sp³-hybridized carbons (Fsp3) is 1.00. The van der Waals surface area contributed by atoms with Gasteiger partial charge in [-0.3, -0.25) is 0 Å². The highest BCUT2D eigenvalue weighted by Crippen LogP contribution is 2.20. The lowest BCUT2D eigenvalue weighted by Crippen LogP contribution is -2.45. The summed E-state index contributed by atoms with van der Waals surface area (Å²) in [5.41, 5.74) is 0. The summed E-state index contributed by atoms with van der Waals surface area (Å²) in [5.74, 6) is 0.811. The predicted octanol–water partition coefficient (Wildman–Crippen LogP) is 5.78. The molecule has 0 unspecified atom stereocenters. The summed E-state index contributed by atoms with van der Waals surface area (Å²) in [6.45, 7) is 8.08. The lowest BCUT2D eigenvalue weighted by molar-refractivity contribution is 0.0706. The van der Waals surface area contributed by atoms with Crippen molar-refractivity contribution in [2.45, 2.75) is 84.6 Å². The highest BCUT2D eigenvalue weighted by Gasteiger charge is 2.39. The molecule has 0 aliphatic carbocycles. The Morgan fingerprint density at radius 1 is 0.591 bits per heavy atom. The Morgan fingerprint density at radius 3 is 1.32 bits per heavy atom. The van der Waals surface area contributed by atoms with E-state index in [9.17, 15) is 0 Å². The standard InChI is InChI=1S/C17H37ClO3Si/c1-4-19-22(20-5-2,21-6-3)17-15-13-11-9-7-8-10-12-14-16-18/h4-17H2,1-3H3. The van der Waals surface area contributed by atoms with Crippen LogP contribution in [-0.2, 0) is 13.3 Å². The zero-order valence-corrected chi connectivity index (χ0v) is 16.8. The topological polar surface area (TPSA) is 27.7 Å². The molecule has 22 heavy (non-hydrogen) atoms. The van der Waals surface area contributed by atoms with Gasteiger partial charge in [-0.15, -0.1) is 11.6 Å². The number of hydrogen-bond donors (Lipinski definition) is 0. The maximum Gasteiger partial charge on any atom is 0.500 e. The van der Waals surface area contributed by atoms with Gasteiger partial charge < -0.3 is 13.3 Å². The van der Waals surface area contributed by atoms with E-state index in [0.717, 1.165) is 18.3 Å². The summed E-state index contributed by atoms with van der Waals surface area (Å²) < 4.78 is 17.6. The first-order valence-electron chi connectivity index (χ1n) is 9.22. The smallest absolute Gasteiger partial charge is 0.374 e. The molecule has 0 aliphatic heterocycles. The third kappa shape index (κ3) is 11.9. The van der Waals surface area contributed by atoms with Gasteiger partial charge in [0.2, 0.25) is 0 Å². The van der Waals surface area contributed by atoms with Crippen LogP contribution in [0.5, 0.6) is 0 Å². The van der Waals surface area contributed by atoms with Crippen molar-refractivity contribution in [1.29, 1.82) is 0 Å². The molecule has 3 nitrogen and oxygen atoms in total. The zero-order valence-electron chi connectivity index (χ0n) is 15.0. The van der Waals surface area contributed by atoms with E-state index in [2.05, 4.69) is 0 Å². The van der Waals surface area contributed by atoms with E-state index in [4.69, 9.17) is 24.9 Å². The molecule has 0 saturated carbocycles. The molecule has 0 N–H and O–H groups in total. The second-order valence-corrected chi connectivity index (χ2v) is 8.71. The first kappa shape index (κ1) is 22.4. The summed E-state index contributed by atoms with van der Waals surface area (Å²) in [6, 6.07) is 0.957. The van der Waals surface area contributed by atoms with E-state index in [-0.39, 0.29) is 0 Å². The Hall–Kier alpha value is 0.387. The van der Waals surface area contributed by atoms with Crippen molar-refractivity contribution in [3.8, 4) is 0 Å². The van der Waals surface area contributed by atoms with Crippen LogP contribution < -0.4 is 0 Å². The Kier molecular flexibility index (Phi) is 16.5. The lowest BCUT2D eigenvalue weighted by atomic mass is 10.1. The van der Waals surface area contributed by atoms with Gasteiger partial charge in [-0.05, 0) is 33.6 Å². The van der Waals surface area contributed by atoms with Crippen LogP contribution in [0.3, 0.4) is 0 Å². The van der Waals surface area contributed by atoms with Gasteiger partial charge in [0.05, 0.1) is 0 Å². The van der Waals surface area contributed by atoms with Gasteiger partial charge in [-0.25, -0.2) is 0 Å². The van der Waals surface area contributed by atoms with E-state index in [0.29, 0.717) is 19.8 Å². The molecule has 134 valence electrons. The first-order valence-corrected chi connectivity index (χ1v) is 11.7. The third-order valence-corrected chi connectivity index (χ3v) is 7.13. The molecule has 0 rings (SSSR count). The Balaban J connectivity index is 3.70. The summed E-state index contributed by atoms with van der Waals surface area (Å²) in [7, 11) is -2.40. The van der Waals surface area contributed by atoms with Crippen molar-refractivity contribution in [2.24, 2.45) is 0 Å². The quantitative estimate of drug-likeness (QED) is 0.188. The average Bonchev–Trinajstić information content (AvgIpc) is 2.50. The van der Waals surface area contributed by atoms with Crippen molar-refractivity contribution in [1.82, 2.24) is 0 Å². The molecule has 0 aromatic rings.